The number of alkyl halides is 8. The van der Waals surface area contributed by atoms with Gasteiger partial charge in [-0.2, -0.15) is 35.1 Å². The van der Waals surface area contributed by atoms with Crippen LogP contribution >= 0.6 is 11.3 Å². The van der Waals surface area contributed by atoms with E-state index < -0.39 is 95.8 Å². The van der Waals surface area contributed by atoms with E-state index >= 15 is 0 Å². The molecule has 2 aromatic heterocycles. The van der Waals surface area contributed by atoms with Crippen molar-refractivity contribution in [2.24, 2.45) is 0 Å². The number of ether oxygens (including phenoxy) is 8. The molecule has 2 fully saturated rings. The first-order chi connectivity index (χ1) is 28.0. The molecule has 15 nitrogen and oxygen atoms in total. The summed E-state index contributed by atoms with van der Waals surface area (Å²) in [6.07, 6.45) is -18.8. The minimum absolute atomic E-state index is 0.0947. The van der Waals surface area contributed by atoms with Crippen LogP contribution in [-0.2, 0) is 54.9 Å². The molecule has 3 aromatic rings. The summed E-state index contributed by atoms with van der Waals surface area (Å²) in [5.41, 5.74) is -4.96. The minimum atomic E-state index is -6.23. The van der Waals surface area contributed by atoms with Crippen molar-refractivity contribution >= 4 is 35.2 Å². The molecule has 0 unspecified atom stereocenters. The first kappa shape index (κ1) is 45.7. The van der Waals surface area contributed by atoms with E-state index in [2.05, 4.69) is 14.7 Å². The van der Waals surface area contributed by atoms with E-state index in [-0.39, 0.29) is 51.5 Å². The van der Waals surface area contributed by atoms with Gasteiger partial charge in [0.05, 0.1) is 13.2 Å². The molecular formula is C36H34F8N2O13S. The normalized spacial score (nSPS) is 21.4. The zero-order valence-corrected chi connectivity index (χ0v) is 32.3. The Morgan fingerprint density at radius 2 is 1.45 bits per heavy atom. The number of benzene rings is 1. The molecule has 0 spiro atoms. The van der Waals surface area contributed by atoms with Crippen molar-refractivity contribution in [3.05, 3.63) is 63.7 Å². The maximum Gasteiger partial charge on any atom is 0.433 e. The molecule has 0 amide bonds. The highest BCUT2D eigenvalue weighted by molar-refractivity contribution is 7.11. The van der Waals surface area contributed by atoms with Gasteiger partial charge in [0.2, 0.25) is 18.3 Å². The summed E-state index contributed by atoms with van der Waals surface area (Å²) >= 11 is -0.0947. The molecule has 0 radical (unpaired) electrons. The Balaban J connectivity index is 1.51. The summed E-state index contributed by atoms with van der Waals surface area (Å²) in [7, 11) is 0.977. The minimum Gasteiger partial charge on any atom is -0.487 e. The van der Waals surface area contributed by atoms with Gasteiger partial charge in [0.25, 0.3) is 0 Å². The molecular weight excluding hydrogens is 852 g/mol. The van der Waals surface area contributed by atoms with E-state index in [1.165, 1.54) is 24.3 Å². The second kappa shape index (κ2) is 18.1. The summed E-state index contributed by atoms with van der Waals surface area (Å²) in [5, 5.41) is 8.31. The average Bonchev–Trinajstić information content (AvgIpc) is 3.83. The van der Waals surface area contributed by atoms with Gasteiger partial charge in [0, 0.05) is 50.0 Å². The van der Waals surface area contributed by atoms with Crippen molar-refractivity contribution in [1.29, 1.82) is 0 Å². The molecule has 1 saturated carbocycles. The van der Waals surface area contributed by atoms with Crippen molar-refractivity contribution in [2.45, 2.75) is 107 Å². The molecule has 6 atom stereocenters. The molecule has 1 N–H and O–H groups in total. The lowest BCUT2D eigenvalue weighted by Gasteiger charge is -2.42. The second-order valence-electron chi connectivity index (χ2n) is 13.2. The number of rotatable bonds is 15. The zero-order valence-electron chi connectivity index (χ0n) is 31.5. The lowest BCUT2D eigenvalue weighted by atomic mass is 9.91. The maximum absolute atomic E-state index is 13.8. The van der Waals surface area contributed by atoms with Gasteiger partial charge in [-0.1, -0.05) is 12.1 Å². The van der Waals surface area contributed by atoms with Crippen molar-refractivity contribution in [3.8, 4) is 17.4 Å². The number of hydrogen-bond donors (Lipinski definition) is 1. The van der Waals surface area contributed by atoms with Crippen LogP contribution in [0.25, 0.3) is 0 Å². The highest BCUT2D eigenvalue weighted by atomic mass is 32.1. The number of pyridine rings is 1. The number of methoxy groups -OCH3 is 1. The van der Waals surface area contributed by atoms with Crippen molar-refractivity contribution in [1.82, 2.24) is 9.97 Å². The average molecular weight is 887 g/mol. The topological polar surface area (TPSA) is 188 Å². The lowest BCUT2D eigenvalue weighted by molar-refractivity contribution is -0.376. The lowest BCUT2D eigenvalue weighted by Crippen LogP contribution is -2.64. The van der Waals surface area contributed by atoms with E-state index in [9.17, 15) is 59.4 Å². The number of hydrogen-bond acceptors (Lipinski definition) is 16. The van der Waals surface area contributed by atoms with E-state index in [1.54, 1.807) is 0 Å². The number of carbonyl (C=O) groups is 4. The van der Waals surface area contributed by atoms with E-state index in [0.717, 1.165) is 40.1 Å². The van der Waals surface area contributed by atoms with Crippen molar-refractivity contribution in [2.75, 3.05) is 7.11 Å². The van der Waals surface area contributed by atoms with Gasteiger partial charge in [-0.3, -0.25) is 14.4 Å². The Morgan fingerprint density at radius 3 is 1.98 bits per heavy atom. The molecule has 1 aromatic carbocycles. The Kier molecular flexibility index (Phi) is 13.8. The van der Waals surface area contributed by atoms with Crippen LogP contribution in [0.1, 0.15) is 60.5 Å². The van der Waals surface area contributed by atoms with Crippen LogP contribution in [0.15, 0.2) is 42.7 Å². The van der Waals surface area contributed by atoms with E-state index in [0.29, 0.717) is 19.0 Å². The molecule has 60 heavy (non-hydrogen) atoms. The van der Waals surface area contributed by atoms with Gasteiger partial charge in [-0.05, 0) is 42.5 Å². The molecule has 1 saturated heterocycles. The standard InChI is InChI=1S/C36H34F8N2O13S/c1-15(47)53-26-27(54-16(2)48)29(55-17(3)49)31(59-28(26)30(50)52-4)58-25-10-5-18(13-45-25)11-21(19-6-9-22(57-33(37)38)23(12-19)56-20-7-8-20)24-14-46-32(60-24)34(51,35(39,40)41)36(42,43)44/h5-6,9-10,12-14,20-21,26-29,31,33,51H,7-8,11H2,1-4H3/t21-,26-,27-,28-,29+,31+/m0/s1. The van der Waals surface area contributed by atoms with Gasteiger partial charge >= 0.3 is 48.4 Å². The monoisotopic (exact) mass is 886 g/mol. The van der Waals surface area contributed by atoms with Crippen LogP contribution in [0, 0.1) is 0 Å². The molecule has 328 valence electrons. The van der Waals surface area contributed by atoms with Crippen LogP contribution in [0.5, 0.6) is 17.4 Å². The fraction of sp³-hybridized carbons (Fsp3) is 0.500. The predicted molar refractivity (Wildman–Crippen MR) is 183 cm³/mol. The van der Waals surface area contributed by atoms with Crippen LogP contribution in [0.2, 0.25) is 0 Å². The largest absolute Gasteiger partial charge is 0.487 e. The quantitative estimate of drug-likeness (QED) is 0.115. The van der Waals surface area contributed by atoms with Crippen molar-refractivity contribution < 1.29 is 97.3 Å². The number of halogens is 8. The van der Waals surface area contributed by atoms with Crippen LogP contribution < -0.4 is 14.2 Å². The molecule has 2 aliphatic rings. The molecule has 1 aliphatic carbocycles. The third kappa shape index (κ3) is 10.5. The maximum atomic E-state index is 13.8. The summed E-state index contributed by atoms with van der Waals surface area (Å²) in [6.45, 7) is -0.329. The Bertz CT molecular complexity index is 2010. The Hall–Kier alpha value is -5.36. The number of thiazole rings is 1. The summed E-state index contributed by atoms with van der Waals surface area (Å²) in [5.74, 6) is -6.02. The number of aromatic nitrogens is 2. The number of aliphatic hydroxyl groups is 1. The predicted octanol–water partition coefficient (Wildman–Crippen LogP) is 5.44. The molecule has 5 rings (SSSR count). The molecule has 0 bridgehead atoms. The van der Waals surface area contributed by atoms with Crippen molar-refractivity contribution in [3.63, 3.8) is 0 Å². The fourth-order valence-corrected chi connectivity index (χ4v) is 7.10. The van der Waals surface area contributed by atoms with Crippen LogP contribution in [0.4, 0.5) is 35.1 Å². The number of esters is 4. The zero-order chi connectivity index (χ0) is 44.3. The van der Waals surface area contributed by atoms with Gasteiger partial charge in [-0.25, -0.2) is 14.8 Å². The first-order valence-corrected chi connectivity index (χ1v) is 18.3. The Morgan fingerprint density at radius 1 is 0.833 bits per heavy atom. The smallest absolute Gasteiger partial charge is 0.433 e. The SMILES string of the molecule is COC(=O)[C@H]1O[C@@H](Oc2ccc(C[C@@H](c3ccc(OC(F)F)c(OC4CC4)c3)c3cnc(C(O)(C(F)(F)F)C(F)(F)F)s3)cn2)[C@H](OC(C)=O)[C@@H](OC(C)=O)[C@@H]1OC(C)=O. The second-order valence-corrected chi connectivity index (χ2v) is 14.3. The Labute approximate surface area is 337 Å². The van der Waals surface area contributed by atoms with Gasteiger partial charge in [0.15, 0.2) is 29.8 Å². The van der Waals surface area contributed by atoms with Crippen LogP contribution in [0.3, 0.4) is 0 Å². The highest BCUT2D eigenvalue weighted by Crippen LogP contribution is 2.52. The van der Waals surface area contributed by atoms with Gasteiger partial charge in [-0.15, -0.1) is 11.3 Å². The van der Waals surface area contributed by atoms with E-state index in [4.69, 9.17) is 33.2 Å². The van der Waals surface area contributed by atoms with Crippen LogP contribution in [-0.4, -0.2) is 102 Å². The first-order valence-electron chi connectivity index (χ1n) is 17.5. The molecule has 24 heteroatoms. The van der Waals surface area contributed by atoms with Gasteiger partial charge < -0.3 is 43.0 Å². The third-order valence-electron chi connectivity index (χ3n) is 8.71. The van der Waals surface area contributed by atoms with E-state index in [1.807, 2.05) is 0 Å². The number of nitrogens with zero attached hydrogens (tertiary/aromatic N) is 2. The molecule has 1 aliphatic heterocycles. The summed E-state index contributed by atoms with van der Waals surface area (Å²) in [4.78, 5) is 56.2. The fourth-order valence-electron chi connectivity index (χ4n) is 5.92. The molecule has 3 heterocycles. The van der Waals surface area contributed by atoms with Gasteiger partial charge in [0.1, 0.15) is 5.01 Å². The number of carbonyl (C=O) groups excluding carboxylic acids is 4. The third-order valence-corrected chi connectivity index (χ3v) is 9.93. The highest BCUT2D eigenvalue weighted by Gasteiger charge is 2.73. The summed E-state index contributed by atoms with van der Waals surface area (Å²) in [6, 6.07) is 6.12. The summed E-state index contributed by atoms with van der Waals surface area (Å²) < 4.78 is 152.